The first-order valence-electron chi connectivity index (χ1n) is 5.70. The van der Waals surface area contributed by atoms with Gasteiger partial charge in [0.25, 0.3) is 0 Å². The highest BCUT2D eigenvalue weighted by Gasteiger charge is 2.14. The Labute approximate surface area is 125 Å². The number of nitrogens with one attached hydrogen (secondary N) is 1. The van der Waals surface area contributed by atoms with Crippen LogP contribution >= 0.6 is 27.5 Å². The molecule has 3 N–H and O–H groups in total. The third-order valence-electron chi connectivity index (χ3n) is 2.87. The van der Waals surface area contributed by atoms with Crippen molar-refractivity contribution in [3.05, 3.63) is 63.1 Å². The minimum atomic E-state index is -0.122. The molecule has 0 aliphatic rings. The van der Waals surface area contributed by atoms with Gasteiger partial charge in [-0.1, -0.05) is 29.8 Å². The van der Waals surface area contributed by atoms with E-state index >= 15 is 0 Å². The molecule has 3 nitrogen and oxygen atoms in total. The molecule has 0 spiro atoms. The van der Waals surface area contributed by atoms with E-state index in [-0.39, 0.29) is 6.04 Å². The molecular weight excluding hydrogens is 328 g/mol. The molecule has 5 heteroatoms. The van der Waals surface area contributed by atoms with E-state index < -0.39 is 0 Å². The van der Waals surface area contributed by atoms with E-state index in [1.54, 1.807) is 7.11 Å². The third-order valence-corrected chi connectivity index (χ3v) is 4.08. The monoisotopic (exact) mass is 340 g/mol. The minimum absolute atomic E-state index is 0.122. The molecule has 0 saturated carbocycles. The Morgan fingerprint density at radius 1 is 1.21 bits per heavy atom. The topological polar surface area (TPSA) is 47.3 Å². The molecule has 0 radical (unpaired) electrons. The maximum Gasteiger partial charge on any atom is 0.119 e. The minimum Gasteiger partial charge on any atom is -0.497 e. The summed E-state index contributed by atoms with van der Waals surface area (Å²) in [6.07, 6.45) is 0. The van der Waals surface area contributed by atoms with Crippen LogP contribution in [0.2, 0.25) is 5.02 Å². The van der Waals surface area contributed by atoms with E-state index in [0.29, 0.717) is 5.02 Å². The molecule has 0 aliphatic carbocycles. The molecule has 2 rings (SSSR count). The second-order valence-electron chi connectivity index (χ2n) is 4.05. The highest BCUT2D eigenvalue weighted by Crippen LogP contribution is 2.29. The molecule has 100 valence electrons. The second kappa shape index (κ2) is 6.39. The van der Waals surface area contributed by atoms with Gasteiger partial charge >= 0.3 is 0 Å². The van der Waals surface area contributed by atoms with Crippen molar-refractivity contribution in [1.29, 1.82) is 0 Å². The summed E-state index contributed by atoms with van der Waals surface area (Å²) in [5, 5.41) is 0.671. The quantitative estimate of drug-likeness (QED) is 0.659. The van der Waals surface area contributed by atoms with Crippen LogP contribution in [-0.2, 0) is 0 Å². The molecule has 0 amide bonds. The van der Waals surface area contributed by atoms with Crippen molar-refractivity contribution in [2.45, 2.75) is 6.04 Å². The lowest BCUT2D eigenvalue weighted by Gasteiger charge is -2.18. The number of hydrogen-bond donors (Lipinski definition) is 2. The van der Waals surface area contributed by atoms with Gasteiger partial charge in [0.05, 0.1) is 18.2 Å². The van der Waals surface area contributed by atoms with Crippen LogP contribution in [-0.4, -0.2) is 7.11 Å². The largest absolute Gasteiger partial charge is 0.497 e. The normalized spacial score (nSPS) is 12.2. The Hall–Kier alpha value is -1.07. The van der Waals surface area contributed by atoms with Crippen molar-refractivity contribution in [3.63, 3.8) is 0 Å². The van der Waals surface area contributed by atoms with Gasteiger partial charge in [0.1, 0.15) is 5.75 Å². The van der Waals surface area contributed by atoms with Crippen molar-refractivity contribution in [2.24, 2.45) is 5.84 Å². The number of hydrazine groups is 1. The van der Waals surface area contributed by atoms with Crippen LogP contribution in [0.5, 0.6) is 5.75 Å². The molecule has 19 heavy (non-hydrogen) atoms. The van der Waals surface area contributed by atoms with Crippen molar-refractivity contribution in [1.82, 2.24) is 5.43 Å². The zero-order chi connectivity index (χ0) is 13.8. The third kappa shape index (κ3) is 3.28. The number of rotatable bonds is 4. The van der Waals surface area contributed by atoms with Gasteiger partial charge < -0.3 is 4.74 Å². The summed E-state index contributed by atoms with van der Waals surface area (Å²) in [6.45, 7) is 0. The standard InChI is InChI=1S/C14H14BrClN2O/c1-19-11-4-2-3-9(7-11)14(18-17)10-5-6-13(16)12(15)8-10/h2-8,14,18H,17H2,1H3. The zero-order valence-corrected chi connectivity index (χ0v) is 12.7. The number of methoxy groups -OCH3 is 1. The van der Waals surface area contributed by atoms with Crippen molar-refractivity contribution < 1.29 is 4.74 Å². The van der Waals surface area contributed by atoms with Crippen LogP contribution in [0.3, 0.4) is 0 Å². The number of ether oxygens (including phenoxy) is 1. The summed E-state index contributed by atoms with van der Waals surface area (Å²) in [5.41, 5.74) is 4.86. The van der Waals surface area contributed by atoms with Gasteiger partial charge in [0, 0.05) is 4.47 Å². The smallest absolute Gasteiger partial charge is 0.119 e. The van der Waals surface area contributed by atoms with Crippen LogP contribution in [0.15, 0.2) is 46.9 Å². The highest BCUT2D eigenvalue weighted by atomic mass is 79.9. The fourth-order valence-corrected chi connectivity index (χ4v) is 2.41. The van der Waals surface area contributed by atoms with E-state index in [1.807, 2.05) is 42.5 Å². The summed E-state index contributed by atoms with van der Waals surface area (Å²) in [6, 6.07) is 13.4. The van der Waals surface area contributed by atoms with Gasteiger partial charge in [0.2, 0.25) is 0 Å². The molecule has 1 unspecified atom stereocenters. The molecule has 1 atom stereocenters. The fourth-order valence-electron chi connectivity index (χ4n) is 1.90. The number of benzene rings is 2. The molecule has 0 fully saturated rings. The van der Waals surface area contributed by atoms with Crippen LogP contribution in [0.1, 0.15) is 17.2 Å². The van der Waals surface area contributed by atoms with Crippen molar-refractivity contribution in [2.75, 3.05) is 7.11 Å². The number of nitrogens with two attached hydrogens (primary N) is 1. The lowest BCUT2D eigenvalue weighted by molar-refractivity contribution is 0.413. The summed E-state index contributed by atoms with van der Waals surface area (Å²) in [4.78, 5) is 0. The molecule has 0 aromatic heterocycles. The summed E-state index contributed by atoms with van der Waals surface area (Å²) in [7, 11) is 1.64. The fraction of sp³-hybridized carbons (Fsp3) is 0.143. The van der Waals surface area contributed by atoms with E-state index in [9.17, 15) is 0 Å². The van der Waals surface area contributed by atoms with Gasteiger partial charge in [0.15, 0.2) is 0 Å². The summed E-state index contributed by atoms with van der Waals surface area (Å²) in [5.74, 6) is 6.47. The van der Waals surface area contributed by atoms with Gasteiger partial charge in [-0.05, 0) is 51.3 Å². The molecule has 2 aromatic rings. The van der Waals surface area contributed by atoms with Crippen LogP contribution in [0.4, 0.5) is 0 Å². The predicted octanol–water partition coefficient (Wildman–Crippen LogP) is 3.66. The molecule has 2 aromatic carbocycles. The molecule has 0 heterocycles. The van der Waals surface area contributed by atoms with Crippen LogP contribution in [0, 0.1) is 0 Å². The Bertz CT molecular complexity index is 577. The maximum atomic E-state index is 6.00. The maximum absolute atomic E-state index is 6.00. The van der Waals surface area contributed by atoms with Crippen molar-refractivity contribution >= 4 is 27.5 Å². The van der Waals surface area contributed by atoms with Crippen LogP contribution < -0.4 is 16.0 Å². The zero-order valence-electron chi connectivity index (χ0n) is 10.4. The van der Waals surface area contributed by atoms with Gasteiger partial charge in [-0.3, -0.25) is 5.84 Å². The van der Waals surface area contributed by atoms with Gasteiger partial charge in [-0.2, -0.15) is 0 Å². The number of halogens is 2. The predicted molar refractivity (Wildman–Crippen MR) is 81.3 cm³/mol. The molecule has 0 aliphatic heterocycles. The van der Waals surface area contributed by atoms with Gasteiger partial charge in [-0.25, -0.2) is 5.43 Å². The van der Waals surface area contributed by atoms with Gasteiger partial charge in [-0.15, -0.1) is 0 Å². The van der Waals surface area contributed by atoms with Crippen molar-refractivity contribution in [3.8, 4) is 5.75 Å². The summed E-state index contributed by atoms with van der Waals surface area (Å²) >= 11 is 9.42. The van der Waals surface area contributed by atoms with E-state index in [1.165, 1.54) is 0 Å². The average Bonchev–Trinajstić information content (AvgIpc) is 2.44. The highest BCUT2D eigenvalue weighted by molar-refractivity contribution is 9.10. The Morgan fingerprint density at radius 3 is 2.58 bits per heavy atom. The van der Waals surface area contributed by atoms with E-state index in [4.69, 9.17) is 22.2 Å². The Balaban J connectivity index is 2.40. The molecule has 0 bridgehead atoms. The Kier molecular flexibility index (Phi) is 4.82. The SMILES string of the molecule is COc1cccc(C(NN)c2ccc(Cl)c(Br)c2)c1. The van der Waals surface area contributed by atoms with E-state index in [2.05, 4.69) is 21.4 Å². The van der Waals surface area contributed by atoms with Crippen LogP contribution in [0.25, 0.3) is 0 Å². The lowest BCUT2D eigenvalue weighted by Crippen LogP contribution is -2.28. The summed E-state index contributed by atoms with van der Waals surface area (Å²) < 4.78 is 6.07. The number of hydrogen-bond acceptors (Lipinski definition) is 3. The van der Waals surface area contributed by atoms with E-state index in [0.717, 1.165) is 21.3 Å². The Morgan fingerprint density at radius 2 is 1.95 bits per heavy atom. The first kappa shape index (κ1) is 14.3. The molecular formula is C14H14BrClN2O. The first-order chi connectivity index (χ1) is 9.15. The average molecular weight is 342 g/mol. The second-order valence-corrected chi connectivity index (χ2v) is 5.31. The first-order valence-corrected chi connectivity index (χ1v) is 6.88. The lowest BCUT2D eigenvalue weighted by atomic mass is 9.99. The molecule has 0 saturated heterocycles.